The molecule has 0 saturated heterocycles. The van der Waals surface area contributed by atoms with E-state index in [0.29, 0.717) is 5.56 Å². The number of ether oxygens (including phenoxy) is 1. The average molecular weight is 499 g/mol. The van der Waals surface area contributed by atoms with Crippen LogP contribution >= 0.6 is 22.7 Å². The zero-order valence-electron chi connectivity index (χ0n) is 20.7. The quantitative estimate of drug-likeness (QED) is 0.238. The zero-order valence-corrected chi connectivity index (χ0v) is 22.3. The topological polar surface area (TPSA) is 26.3 Å². The van der Waals surface area contributed by atoms with Crippen molar-refractivity contribution in [2.24, 2.45) is 0 Å². The fraction of sp³-hybridized carbons (Fsp3) is 0.258. The minimum atomic E-state index is -0.601. The maximum atomic E-state index is 13.0. The van der Waals surface area contributed by atoms with Crippen LogP contribution in [0, 0.1) is 20.8 Å². The van der Waals surface area contributed by atoms with E-state index in [4.69, 9.17) is 4.74 Å². The summed E-state index contributed by atoms with van der Waals surface area (Å²) in [6.07, 6.45) is 2.95. The largest absolute Gasteiger partial charge is 0.369 e. The number of hydrogen-bond acceptors (Lipinski definition) is 4. The monoisotopic (exact) mass is 498 g/mol. The molecule has 0 fully saturated rings. The van der Waals surface area contributed by atoms with Crippen LogP contribution in [0.25, 0.3) is 21.6 Å². The van der Waals surface area contributed by atoms with E-state index in [-0.39, 0.29) is 5.78 Å². The maximum absolute atomic E-state index is 13.0. The van der Waals surface area contributed by atoms with Crippen LogP contribution < -0.4 is 0 Å². The first-order valence-corrected chi connectivity index (χ1v) is 13.7. The molecule has 1 aliphatic carbocycles. The molecule has 2 nitrogen and oxygen atoms in total. The van der Waals surface area contributed by atoms with E-state index in [2.05, 4.69) is 45.0 Å². The Morgan fingerprint density at radius 2 is 1.60 bits per heavy atom. The van der Waals surface area contributed by atoms with Crippen LogP contribution in [0.5, 0.6) is 0 Å². The molecule has 1 unspecified atom stereocenters. The molecule has 0 saturated carbocycles. The number of aryl methyl sites for hydroxylation is 3. The minimum absolute atomic E-state index is 0.0186. The number of ketones is 1. The molecule has 0 radical (unpaired) electrons. The highest BCUT2D eigenvalue weighted by molar-refractivity contribution is 7.15. The highest BCUT2D eigenvalue weighted by atomic mass is 32.1. The molecule has 178 valence electrons. The van der Waals surface area contributed by atoms with Gasteiger partial charge in [-0.2, -0.15) is 0 Å². The Morgan fingerprint density at radius 1 is 0.886 bits per heavy atom. The number of allylic oxidation sites excluding steroid dienone is 2. The third-order valence-corrected chi connectivity index (χ3v) is 9.12. The van der Waals surface area contributed by atoms with Gasteiger partial charge >= 0.3 is 0 Å². The standard InChI is InChI=1S/C31H30O2S2/c1-19-17-20(2)34-31(19)26-12-8-11-25(26)27-18-28(35-21(27)3)22-13-15-24(16-14-22)30(33-4)29(32)23-9-6-5-7-10-23/h5-7,9-10,13-18,30H,8,11-12H2,1-4H3. The molecule has 0 bridgehead atoms. The van der Waals surface area contributed by atoms with Gasteiger partial charge in [0.15, 0.2) is 5.78 Å². The van der Waals surface area contributed by atoms with E-state index < -0.39 is 6.10 Å². The number of Topliss-reactive ketones (excluding diaryl/α,β-unsaturated/α-hetero) is 1. The predicted octanol–water partition coefficient (Wildman–Crippen LogP) is 9.07. The first-order chi connectivity index (χ1) is 17.0. The molecule has 0 amide bonds. The third kappa shape index (κ3) is 4.71. The van der Waals surface area contributed by atoms with Crippen LogP contribution in [0.4, 0.5) is 0 Å². The summed E-state index contributed by atoms with van der Waals surface area (Å²) in [6, 6.07) is 22.3. The molecule has 4 aromatic rings. The maximum Gasteiger partial charge on any atom is 0.196 e. The lowest BCUT2D eigenvalue weighted by Crippen LogP contribution is -2.14. The van der Waals surface area contributed by atoms with E-state index in [1.165, 1.54) is 54.6 Å². The lowest BCUT2D eigenvalue weighted by atomic mass is 9.97. The number of carbonyl (C=O) groups is 1. The van der Waals surface area contributed by atoms with Gasteiger partial charge in [-0.15, -0.1) is 22.7 Å². The molecule has 4 heteroatoms. The molecule has 0 spiro atoms. The Morgan fingerprint density at radius 3 is 2.26 bits per heavy atom. The summed E-state index contributed by atoms with van der Waals surface area (Å²) in [7, 11) is 1.60. The Bertz CT molecular complexity index is 1390. The van der Waals surface area contributed by atoms with Gasteiger partial charge in [0.25, 0.3) is 0 Å². The Labute approximate surface area is 215 Å². The third-order valence-electron chi connectivity index (χ3n) is 6.81. The van der Waals surface area contributed by atoms with Gasteiger partial charge in [-0.3, -0.25) is 4.79 Å². The van der Waals surface area contributed by atoms with E-state index in [0.717, 1.165) is 12.0 Å². The number of carbonyl (C=O) groups excluding carboxylic acids is 1. The number of methoxy groups -OCH3 is 1. The van der Waals surface area contributed by atoms with Crippen molar-refractivity contribution in [2.75, 3.05) is 7.11 Å². The van der Waals surface area contributed by atoms with Gasteiger partial charge in [0.2, 0.25) is 0 Å². The molecule has 1 aliphatic rings. The molecule has 5 rings (SSSR count). The fourth-order valence-electron chi connectivity index (χ4n) is 5.13. The first kappa shape index (κ1) is 23.9. The first-order valence-electron chi connectivity index (χ1n) is 12.1. The SMILES string of the molecule is COC(C(=O)c1ccccc1)c1ccc(-c2cc(C3=C(c4sc(C)cc4C)CCC3)c(C)s2)cc1. The Kier molecular flexibility index (Phi) is 6.88. The lowest BCUT2D eigenvalue weighted by molar-refractivity contribution is 0.0604. The van der Waals surface area contributed by atoms with Crippen LogP contribution in [-0.4, -0.2) is 12.9 Å². The van der Waals surface area contributed by atoms with E-state index in [1.54, 1.807) is 12.7 Å². The van der Waals surface area contributed by atoms with Gasteiger partial charge in [0.1, 0.15) is 6.10 Å². The number of hydrogen-bond donors (Lipinski definition) is 0. The van der Waals surface area contributed by atoms with Gasteiger partial charge in [-0.05, 0) is 85.6 Å². The smallest absolute Gasteiger partial charge is 0.196 e. The van der Waals surface area contributed by atoms with Crippen molar-refractivity contribution in [3.63, 3.8) is 0 Å². The summed E-state index contributed by atoms with van der Waals surface area (Å²) in [6.45, 7) is 6.69. The van der Waals surface area contributed by atoms with Crippen molar-refractivity contribution in [1.29, 1.82) is 0 Å². The van der Waals surface area contributed by atoms with Gasteiger partial charge in [0, 0.05) is 32.2 Å². The van der Waals surface area contributed by atoms with Crippen molar-refractivity contribution < 1.29 is 9.53 Å². The lowest BCUT2D eigenvalue weighted by Gasteiger charge is -2.15. The zero-order chi connectivity index (χ0) is 24.5. The van der Waals surface area contributed by atoms with Gasteiger partial charge in [0.05, 0.1) is 0 Å². The van der Waals surface area contributed by atoms with Crippen molar-refractivity contribution in [3.05, 3.63) is 104 Å². The number of thiophene rings is 2. The van der Waals surface area contributed by atoms with Gasteiger partial charge < -0.3 is 4.74 Å². The van der Waals surface area contributed by atoms with Crippen molar-refractivity contribution in [1.82, 2.24) is 0 Å². The molecular formula is C31H30O2S2. The van der Waals surface area contributed by atoms with E-state index in [9.17, 15) is 4.79 Å². The highest BCUT2D eigenvalue weighted by Gasteiger charge is 2.24. The number of rotatable bonds is 7. The summed E-state index contributed by atoms with van der Waals surface area (Å²) in [5, 5.41) is 0. The second-order valence-electron chi connectivity index (χ2n) is 9.23. The fourth-order valence-corrected chi connectivity index (χ4v) is 7.31. The summed E-state index contributed by atoms with van der Waals surface area (Å²) < 4.78 is 5.60. The van der Waals surface area contributed by atoms with Crippen LogP contribution in [0.3, 0.4) is 0 Å². The molecule has 2 heterocycles. The van der Waals surface area contributed by atoms with Gasteiger partial charge in [-0.25, -0.2) is 0 Å². The highest BCUT2D eigenvalue weighted by Crippen LogP contribution is 2.46. The summed E-state index contributed by atoms with van der Waals surface area (Å²) in [5.41, 5.74) is 8.61. The van der Waals surface area contributed by atoms with Crippen LogP contribution in [0.2, 0.25) is 0 Å². The molecule has 35 heavy (non-hydrogen) atoms. The second kappa shape index (κ2) is 10.1. The van der Waals surface area contributed by atoms with Crippen molar-refractivity contribution in [2.45, 2.75) is 46.1 Å². The van der Waals surface area contributed by atoms with Crippen molar-refractivity contribution >= 4 is 39.6 Å². The summed E-state index contributed by atoms with van der Waals surface area (Å²) in [5.74, 6) is -0.0186. The summed E-state index contributed by atoms with van der Waals surface area (Å²) >= 11 is 3.79. The molecule has 2 aromatic carbocycles. The van der Waals surface area contributed by atoms with Crippen molar-refractivity contribution in [3.8, 4) is 10.4 Å². The normalized spacial score (nSPS) is 14.5. The second-order valence-corrected chi connectivity index (χ2v) is 11.7. The van der Waals surface area contributed by atoms with Crippen LogP contribution in [0.15, 0.2) is 66.7 Å². The van der Waals surface area contributed by atoms with Crippen LogP contribution in [0.1, 0.15) is 67.0 Å². The van der Waals surface area contributed by atoms with E-state index >= 15 is 0 Å². The predicted molar refractivity (Wildman–Crippen MR) is 149 cm³/mol. The minimum Gasteiger partial charge on any atom is -0.369 e. The number of benzene rings is 2. The average Bonchev–Trinajstić information content (AvgIpc) is 3.58. The van der Waals surface area contributed by atoms with Crippen LogP contribution in [-0.2, 0) is 4.74 Å². The summed E-state index contributed by atoms with van der Waals surface area (Å²) in [4.78, 5) is 18.5. The Balaban J connectivity index is 1.44. The Hall–Kier alpha value is -2.79. The molecular weight excluding hydrogens is 468 g/mol. The molecule has 1 atom stereocenters. The molecule has 2 aromatic heterocycles. The van der Waals surface area contributed by atoms with E-state index in [1.807, 2.05) is 65.1 Å². The molecule has 0 aliphatic heterocycles. The van der Waals surface area contributed by atoms with Gasteiger partial charge in [-0.1, -0.05) is 54.6 Å². The molecule has 0 N–H and O–H groups in total.